The number of nitrogens with zero attached hydrogens (tertiary/aromatic N) is 2. The summed E-state index contributed by atoms with van der Waals surface area (Å²) in [6.45, 7) is 5.89. The van der Waals surface area contributed by atoms with Gasteiger partial charge in [-0.05, 0) is 36.9 Å². The Kier molecular flexibility index (Phi) is 4.28. The number of aromatic nitrogens is 1. The fourth-order valence-corrected chi connectivity index (χ4v) is 3.83. The van der Waals surface area contributed by atoms with E-state index >= 15 is 0 Å². The van der Waals surface area contributed by atoms with Crippen molar-refractivity contribution >= 4 is 20.8 Å². The highest BCUT2D eigenvalue weighted by atomic mass is 32.2. The summed E-state index contributed by atoms with van der Waals surface area (Å²) in [5, 5.41) is 2.11. The van der Waals surface area contributed by atoms with Crippen LogP contribution in [0.4, 0.5) is 0 Å². The second kappa shape index (κ2) is 6.24. The highest BCUT2D eigenvalue weighted by Gasteiger charge is 2.15. The third-order valence-electron chi connectivity index (χ3n) is 4.20. The molecule has 124 valence electrons. The average molecular weight is 340 g/mol. The maximum Gasteiger partial charge on any atom is 0.178 e. The Labute approximate surface area is 142 Å². The van der Waals surface area contributed by atoms with Crippen LogP contribution in [0.25, 0.3) is 15.6 Å². The maximum atomic E-state index is 12.6. The summed E-state index contributed by atoms with van der Waals surface area (Å²) in [5.74, 6) is 0. The third kappa shape index (κ3) is 2.99. The molecule has 4 nitrogen and oxygen atoms in total. The fourth-order valence-electron chi connectivity index (χ4n) is 2.85. The first-order valence-electron chi connectivity index (χ1n) is 7.90. The summed E-state index contributed by atoms with van der Waals surface area (Å²) in [4.78, 5) is 4.24. The van der Waals surface area contributed by atoms with E-state index in [4.69, 9.17) is 0 Å². The molecule has 2 aromatic carbocycles. The van der Waals surface area contributed by atoms with Crippen molar-refractivity contribution in [3.8, 4) is 0 Å². The molecule has 24 heavy (non-hydrogen) atoms. The van der Waals surface area contributed by atoms with Gasteiger partial charge in [0, 0.05) is 17.9 Å². The Hall–Kier alpha value is -2.40. The van der Waals surface area contributed by atoms with E-state index in [1.807, 2.05) is 32.0 Å². The zero-order valence-electron chi connectivity index (χ0n) is 14.0. The number of fused-ring (bicyclic) bond motifs is 1. The molecule has 0 spiro atoms. The minimum atomic E-state index is -3.76. The van der Waals surface area contributed by atoms with Crippen molar-refractivity contribution in [3.63, 3.8) is 0 Å². The van der Waals surface area contributed by atoms with Gasteiger partial charge in [0.15, 0.2) is 21.9 Å². The van der Waals surface area contributed by atoms with Crippen molar-refractivity contribution in [2.24, 2.45) is 0 Å². The van der Waals surface area contributed by atoms with Gasteiger partial charge in [-0.15, -0.1) is 0 Å². The van der Waals surface area contributed by atoms with Crippen molar-refractivity contribution in [1.29, 1.82) is 0 Å². The number of pyridine rings is 1. The highest BCUT2D eigenvalue weighted by Crippen LogP contribution is 2.22. The molecule has 0 aliphatic heterocycles. The largest absolute Gasteiger partial charge is 0.318 e. The molecule has 0 atom stereocenters. The van der Waals surface area contributed by atoms with Gasteiger partial charge in [0.2, 0.25) is 0 Å². The Morgan fingerprint density at radius 3 is 2.33 bits per heavy atom. The fraction of sp³-hybridized carbons (Fsp3) is 0.211. The van der Waals surface area contributed by atoms with Crippen LogP contribution in [0.15, 0.2) is 59.6 Å². The maximum absolute atomic E-state index is 12.6. The number of rotatable bonds is 4. The van der Waals surface area contributed by atoms with Crippen LogP contribution in [0.2, 0.25) is 0 Å². The summed E-state index contributed by atoms with van der Waals surface area (Å²) in [6, 6.07) is 14.7. The lowest BCUT2D eigenvalue weighted by atomic mass is 10.0. The van der Waals surface area contributed by atoms with Crippen LogP contribution in [0, 0.1) is 13.8 Å². The predicted octanol–water partition coefficient (Wildman–Crippen LogP) is 3.83. The van der Waals surface area contributed by atoms with Gasteiger partial charge in [-0.1, -0.05) is 42.8 Å². The van der Waals surface area contributed by atoms with Crippen LogP contribution >= 0.6 is 0 Å². The molecule has 0 saturated carbocycles. The Morgan fingerprint density at radius 1 is 1.00 bits per heavy atom. The van der Waals surface area contributed by atoms with Crippen LogP contribution in [0.3, 0.4) is 0 Å². The molecule has 3 rings (SSSR count). The first-order valence-corrected chi connectivity index (χ1v) is 9.34. The number of aryl methyl sites for hydroxylation is 2. The molecular formula is C19H20N2O2S. The summed E-state index contributed by atoms with van der Waals surface area (Å²) in [7, 11) is -3.76. The van der Waals surface area contributed by atoms with E-state index in [2.05, 4.69) is 17.8 Å². The van der Waals surface area contributed by atoms with Crippen LogP contribution in [0.5, 0.6) is 0 Å². The Morgan fingerprint density at radius 2 is 1.67 bits per heavy atom. The Bertz CT molecular complexity index is 994. The molecule has 0 aliphatic rings. The van der Waals surface area contributed by atoms with Crippen molar-refractivity contribution < 1.29 is 13.1 Å². The molecule has 0 N–H and O–H groups in total. The standard InChI is InChI=1S/C19H20N2O2S/c1-4-18-15(3)21(13-16-7-5-6-8-19(16)18)20-24(22,23)17-11-9-14(2)10-12-17/h5-13H,4H2,1-3H3. The van der Waals surface area contributed by atoms with Crippen LogP contribution in [-0.2, 0) is 16.4 Å². The van der Waals surface area contributed by atoms with E-state index in [9.17, 15) is 8.42 Å². The van der Waals surface area contributed by atoms with Gasteiger partial charge in [-0.3, -0.25) is 0 Å². The minimum Gasteiger partial charge on any atom is -0.318 e. The number of hydrogen-bond donors (Lipinski definition) is 0. The topological polar surface area (TPSA) is 52.1 Å². The molecule has 0 unspecified atom stereocenters. The van der Waals surface area contributed by atoms with E-state index in [1.54, 1.807) is 30.5 Å². The van der Waals surface area contributed by atoms with Crippen LogP contribution in [0.1, 0.15) is 23.7 Å². The van der Waals surface area contributed by atoms with E-state index in [1.165, 1.54) is 4.68 Å². The SMILES string of the molecule is CCc1c(C)[n+]([N-]S(=O)(=O)c2ccc(C)cc2)cc2ccccc12. The molecular weight excluding hydrogens is 320 g/mol. The van der Waals surface area contributed by atoms with Gasteiger partial charge < -0.3 is 4.83 Å². The van der Waals surface area contributed by atoms with E-state index < -0.39 is 10.0 Å². The summed E-state index contributed by atoms with van der Waals surface area (Å²) in [6.07, 6.45) is 2.59. The smallest absolute Gasteiger partial charge is 0.178 e. The van der Waals surface area contributed by atoms with Gasteiger partial charge in [-0.2, -0.15) is 0 Å². The van der Waals surface area contributed by atoms with Crippen molar-refractivity contribution in [1.82, 2.24) is 0 Å². The molecule has 0 bridgehead atoms. The number of sulfonamides is 1. The lowest BCUT2D eigenvalue weighted by Gasteiger charge is -2.19. The number of benzene rings is 2. The normalized spacial score (nSPS) is 11.6. The lowest BCUT2D eigenvalue weighted by molar-refractivity contribution is -0.619. The predicted molar refractivity (Wildman–Crippen MR) is 95.4 cm³/mol. The second-order valence-electron chi connectivity index (χ2n) is 5.85. The van der Waals surface area contributed by atoms with Gasteiger partial charge in [0.1, 0.15) is 0 Å². The summed E-state index contributed by atoms with van der Waals surface area (Å²) in [5.41, 5.74) is 2.96. The van der Waals surface area contributed by atoms with Crippen LogP contribution in [-0.4, -0.2) is 8.42 Å². The second-order valence-corrected chi connectivity index (χ2v) is 7.43. The monoisotopic (exact) mass is 340 g/mol. The molecule has 0 amide bonds. The molecule has 0 aliphatic carbocycles. The third-order valence-corrected chi connectivity index (χ3v) is 5.45. The lowest BCUT2D eigenvalue weighted by Crippen LogP contribution is -2.36. The Balaban J connectivity index is 2.09. The van der Waals surface area contributed by atoms with E-state index in [-0.39, 0.29) is 4.90 Å². The molecule has 1 aromatic heterocycles. The number of hydrogen-bond acceptors (Lipinski definition) is 2. The van der Waals surface area contributed by atoms with E-state index in [0.29, 0.717) is 0 Å². The van der Waals surface area contributed by atoms with Gasteiger partial charge in [-0.25, -0.2) is 13.1 Å². The zero-order valence-corrected chi connectivity index (χ0v) is 14.8. The van der Waals surface area contributed by atoms with Crippen molar-refractivity contribution in [2.45, 2.75) is 32.1 Å². The molecule has 3 aromatic rings. The molecule has 1 heterocycles. The van der Waals surface area contributed by atoms with Gasteiger partial charge in [0.25, 0.3) is 0 Å². The van der Waals surface area contributed by atoms with Crippen LogP contribution < -0.4 is 4.68 Å². The highest BCUT2D eigenvalue weighted by molar-refractivity contribution is 7.93. The van der Waals surface area contributed by atoms with E-state index in [0.717, 1.165) is 34.0 Å². The molecule has 5 heteroatoms. The molecule has 0 radical (unpaired) electrons. The van der Waals surface area contributed by atoms with Gasteiger partial charge in [0.05, 0.1) is 4.90 Å². The first kappa shape index (κ1) is 16.5. The average Bonchev–Trinajstić information content (AvgIpc) is 2.56. The first-order chi connectivity index (χ1) is 11.4. The molecule has 0 saturated heterocycles. The van der Waals surface area contributed by atoms with Crippen molar-refractivity contribution in [3.05, 3.63) is 76.4 Å². The summed E-state index contributed by atoms with van der Waals surface area (Å²) >= 11 is 0. The van der Waals surface area contributed by atoms with Gasteiger partial charge >= 0.3 is 0 Å². The van der Waals surface area contributed by atoms with Crippen molar-refractivity contribution in [2.75, 3.05) is 0 Å². The zero-order chi connectivity index (χ0) is 17.3. The summed E-state index contributed by atoms with van der Waals surface area (Å²) < 4.78 is 26.7. The minimum absolute atomic E-state index is 0.200. The quantitative estimate of drug-likeness (QED) is 0.678. The molecule has 0 fully saturated rings.